The van der Waals surface area contributed by atoms with Crippen molar-refractivity contribution in [1.82, 2.24) is 5.32 Å². The number of benzene rings is 2. The smallest absolute Gasteiger partial charge is 0.195 e. The average Bonchev–Trinajstić information content (AvgIpc) is 2.66. The van der Waals surface area contributed by atoms with Gasteiger partial charge in [0.2, 0.25) is 0 Å². The number of aliphatic imine (C=N–C) groups is 1. The van der Waals surface area contributed by atoms with Crippen LogP contribution in [0.5, 0.6) is 23.0 Å². The average molecular weight is 359 g/mol. The molecule has 0 heterocycles. The quantitative estimate of drug-likeness (QED) is 0.521. The van der Waals surface area contributed by atoms with Crippen molar-refractivity contribution in [2.24, 2.45) is 4.99 Å². The SMILES string of the molecule is CCOc1cc(NC(=NC)NCc2cc(OC)ccc2O)ccc1OC. The van der Waals surface area contributed by atoms with Gasteiger partial charge >= 0.3 is 0 Å². The number of hydrogen-bond acceptors (Lipinski definition) is 5. The first kappa shape index (κ1) is 19.2. The van der Waals surface area contributed by atoms with Crippen molar-refractivity contribution in [3.05, 3.63) is 42.0 Å². The molecule has 0 atom stereocenters. The zero-order valence-corrected chi connectivity index (χ0v) is 15.5. The molecule has 2 aromatic rings. The first-order chi connectivity index (χ1) is 12.6. The van der Waals surface area contributed by atoms with E-state index in [1.165, 1.54) is 0 Å². The highest BCUT2D eigenvalue weighted by atomic mass is 16.5. The van der Waals surface area contributed by atoms with Crippen molar-refractivity contribution in [3.63, 3.8) is 0 Å². The van der Waals surface area contributed by atoms with E-state index >= 15 is 0 Å². The molecule has 0 fully saturated rings. The molecule has 0 bridgehead atoms. The highest BCUT2D eigenvalue weighted by Gasteiger charge is 2.08. The molecule has 2 aromatic carbocycles. The van der Waals surface area contributed by atoms with Gasteiger partial charge in [-0.15, -0.1) is 0 Å². The predicted molar refractivity (Wildman–Crippen MR) is 103 cm³/mol. The lowest BCUT2D eigenvalue weighted by molar-refractivity contribution is 0.311. The Hall–Kier alpha value is -3.09. The Morgan fingerprint density at radius 3 is 2.54 bits per heavy atom. The standard InChI is InChI=1S/C19H25N3O4/c1-5-26-18-11-14(6-9-17(18)25-4)22-19(20-2)21-12-13-10-15(24-3)7-8-16(13)23/h6-11,23H,5,12H2,1-4H3,(H2,20,21,22). The molecule has 7 heteroatoms. The molecule has 0 saturated carbocycles. The number of phenols is 1. The molecule has 0 aliphatic heterocycles. The highest BCUT2D eigenvalue weighted by molar-refractivity contribution is 5.93. The molecule has 2 rings (SSSR count). The van der Waals surface area contributed by atoms with Crippen molar-refractivity contribution in [1.29, 1.82) is 0 Å². The summed E-state index contributed by atoms with van der Waals surface area (Å²) in [7, 11) is 4.86. The fourth-order valence-corrected chi connectivity index (χ4v) is 2.35. The van der Waals surface area contributed by atoms with Gasteiger partial charge in [0.05, 0.1) is 20.8 Å². The van der Waals surface area contributed by atoms with Gasteiger partial charge in [0, 0.05) is 30.9 Å². The van der Waals surface area contributed by atoms with Gasteiger partial charge in [-0.3, -0.25) is 4.99 Å². The Morgan fingerprint density at radius 2 is 1.88 bits per heavy atom. The van der Waals surface area contributed by atoms with E-state index in [0.717, 1.165) is 5.69 Å². The number of nitrogens with zero attached hydrogens (tertiary/aromatic N) is 1. The van der Waals surface area contributed by atoms with Crippen molar-refractivity contribution in [2.75, 3.05) is 33.2 Å². The van der Waals surface area contributed by atoms with Crippen LogP contribution in [0.25, 0.3) is 0 Å². The van der Waals surface area contributed by atoms with E-state index in [-0.39, 0.29) is 5.75 Å². The molecule has 0 unspecified atom stereocenters. The zero-order chi connectivity index (χ0) is 18.9. The maximum atomic E-state index is 9.97. The zero-order valence-electron chi connectivity index (χ0n) is 15.5. The lowest BCUT2D eigenvalue weighted by Crippen LogP contribution is -2.30. The van der Waals surface area contributed by atoms with E-state index in [1.807, 2.05) is 25.1 Å². The highest BCUT2D eigenvalue weighted by Crippen LogP contribution is 2.30. The third-order valence-corrected chi connectivity index (χ3v) is 3.68. The van der Waals surface area contributed by atoms with Crippen LogP contribution >= 0.6 is 0 Å². The van der Waals surface area contributed by atoms with Gasteiger partial charge in [-0.1, -0.05) is 0 Å². The van der Waals surface area contributed by atoms with Crippen molar-refractivity contribution in [2.45, 2.75) is 13.5 Å². The molecular weight excluding hydrogens is 334 g/mol. The maximum absolute atomic E-state index is 9.97. The summed E-state index contributed by atoms with van der Waals surface area (Å²) in [6.07, 6.45) is 0. The number of rotatable bonds is 7. The summed E-state index contributed by atoms with van der Waals surface area (Å²) in [6.45, 7) is 2.85. The number of methoxy groups -OCH3 is 2. The van der Waals surface area contributed by atoms with Crippen molar-refractivity contribution < 1.29 is 19.3 Å². The topological polar surface area (TPSA) is 84.3 Å². The predicted octanol–water partition coefficient (Wildman–Crippen LogP) is 3.00. The summed E-state index contributed by atoms with van der Waals surface area (Å²) < 4.78 is 16.1. The van der Waals surface area contributed by atoms with Crippen LogP contribution in [0.2, 0.25) is 0 Å². The van der Waals surface area contributed by atoms with Gasteiger partial charge < -0.3 is 30.0 Å². The number of anilines is 1. The molecule has 0 saturated heterocycles. The lowest BCUT2D eigenvalue weighted by atomic mass is 10.2. The fourth-order valence-electron chi connectivity index (χ4n) is 2.35. The van der Waals surface area contributed by atoms with Crippen LogP contribution in [0.15, 0.2) is 41.4 Å². The Labute approximate surface area is 153 Å². The van der Waals surface area contributed by atoms with Gasteiger partial charge in [0.15, 0.2) is 17.5 Å². The summed E-state index contributed by atoms with van der Waals surface area (Å²) in [6, 6.07) is 10.6. The van der Waals surface area contributed by atoms with Crippen molar-refractivity contribution in [3.8, 4) is 23.0 Å². The molecule has 26 heavy (non-hydrogen) atoms. The molecule has 0 radical (unpaired) electrons. The van der Waals surface area contributed by atoms with Gasteiger partial charge in [0.25, 0.3) is 0 Å². The first-order valence-corrected chi connectivity index (χ1v) is 8.25. The van der Waals surface area contributed by atoms with Gasteiger partial charge in [-0.25, -0.2) is 0 Å². The Bertz CT molecular complexity index is 762. The van der Waals surface area contributed by atoms with E-state index in [9.17, 15) is 5.11 Å². The normalized spacial score (nSPS) is 11.0. The Kier molecular flexibility index (Phi) is 6.96. The van der Waals surface area contributed by atoms with E-state index in [2.05, 4.69) is 15.6 Å². The third kappa shape index (κ3) is 4.95. The van der Waals surface area contributed by atoms with Crippen LogP contribution in [0.3, 0.4) is 0 Å². The molecule has 3 N–H and O–H groups in total. The minimum atomic E-state index is 0.192. The molecular formula is C19H25N3O4. The largest absolute Gasteiger partial charge is 0.508 e. The molecule has 0 aliphatic carbocycles. The molecule has 0 spiro atoms. The molecule has 0 amide bonds. The summed E-state index contributed by atoms with van der Waals surface area (Å²) in [5, 5.41) is 16.3. The van der Waals surface area contributed by atoms with E-state index in [1.54, 1.807) is 39.5 Å². The third-order valence-electron chi connectivity index (χ3n) is 3.68. The first-order valence-electron chi connectivity index (χ1n) is 8.25. The van der Waals surface area contributed by atoms with Crippen LogP contribution in [-0.2, 0) is 6.54 Å². The number of guanidine groups is 1. The molecule has 0 aliphatic rings. The van der Waals surface area contributed by atoms with Crippen LogP contribution in [0, 0.1) is 0 Å². The Balaban J connectivity index is 2.07. The molecule has 7 nitrogen and oxygen atoms in total. The summed E-state index contributed by atoms with van der Waals surface area (Å²) in [5.41, 5.74) is 1.51. The summed E-state index contributed by atoms with van der Waals surface area (Å²) in [4.78, 5) is 4.20. The summed E-state index contributed by atoms with van der Waals surface area (Å²) in [5.74, 6) is 2.75. The number of phenolic OH excluding ortho intramolecular Hbond substituents is 1. The minimum Gasteiger partial charge on any atom is -0.508 e. The maximum Gasteiger partial charge on any atom is 0.195 e. The monoisotopic (exact) mass is 359 g/mol. The number of ether oxygens (including phenoxy) is 3. The van der Waals surface area contributed by atoms with Crippen molar-refractivity contribution >= 4 is 11.6 Å². The van der Waals surface area contributed by atoms with Gasteiger partial charge in [-0.2, -0.15) is 0 Å². The van der Waals surface area contributed by atoms with E-state index < -0.39 is 0 Å². The number of aromatic hydroxyl groups is 1. The number of nitrogens with one attached hydrogen (secondary N) is 2. The van der Waals surface area contributed by atoms with Crippen LogP contribution < -0.4 is 24.8 Å². The molecule has 0 aromatic heterocycles. The van der Waals surface area contributed by atoms with Crippen LogP contribution in [-0.4, -0.2) is 38.9 Å². The van der Waals surface area contributed by atoms with E-state index in [4.69, 9.17) is 14.2 Å². The van der Waals surface area contributed by atoms with Gasteiger partial charge in [-0.05, 0) is 37.3 Å². The second-order valence-electron chi connectivity index (χ2n) is 5.34. The number of hydrogen-bond donors (Lipinski definition) is 3. The second kappa shape index (κ2) is 9.41. The van der Waals surface area contributed by atoms with E-state index in [0.29, 0.717) is 41.9 Å². The molecule has 140 valence electrons. The Morgan fingerprint density at radius 1 is 1.08 bits per heavy atom. The summed E-state index contributed by atoms with van der Waals surface area (Å²) >= 11 is 0. The second-order valence-corrected chi connectivity index (χ2v) is 5.34. The van der Waals surface area contributed by atoms with Crippen LogP contribution in [0.4, 0.5) is 5.69 Å². The lowest BCUT2D eigenvalue weighted by Gasteiger charge is -2.15. The minimum absolute atomic E-state index is 0.192. The van der Waals surface area contributed by atoms with Crippen LogP contribution in [0.1, 0.15) is 12.5 Å². The van der Waals surface area contributed by atoms with Gasteiger partial charge in [0.1, 0.15) is 11.5 Å². The fraction of sp³-hybridized carbons (Fsp3) is 0.316.